The van der Waals surface area contributed by atoms with Crippen LogP contribution in [0.15, 0.2) is 22.7 Å². The number of aliphatic hydroxyl groups is 2. The second kappa shape index (κ2) is 5.83. The first kappa shape index (κ1) is 13.0. The third-order valence-corrected chi connectivity index (χ3v) is 2.93. The van der Waals surface area contributed by atoms with Crippen molar-refractivity contribution in [3.63, 3.8) is 0 Å². The van der Waals surface area contributed by atoms with Gasteiger partial charge in [0.25, 0.3) is 5.91 Å². The molecule has 0 fully saturated rings. The van der Waals surface area contributed by atoms with E-state index < -0.39 is 11.9 Å². The summed E-state index contributed by atoms with van der Waals surface area (Å²) in [7, 11) is 0. The van der Waals surface area contributed by atoms with Gasteiger partial charge in [0.05, 0.1) is 29.3 Å². The maximum absolute atomic E-state index is 11.7. The van der Waals surface area contributed by atoms with Gasteiger partial charge >= 0.3 is 0 Å². The first-order chi connectivity index (χ1) is 7.60. The van der Waals surface area contributed by atoms with E-state index in [4.69, 9.17) is 15.9 Å². The monoisotopic (exact) mass is 288 g/mol. The Balaban J connectivity index is 2.84. The van der Waals surface area contributed by atoms with E-state index in [1.165, 1.54) is 0 Å². The van der Waals surface area contributed by atoms with Crippen LogP contribution in [0, 0.1) is 0 Å². The lowest BCUT2D eigenvalue weighted by atomic mass is 10.2. The van der Waals surface area contributed by atoms with Crippen molar-refractivity contribution in [3.8, 4) is 0 Å². The predicted molar refractivity (Wildman–Crippen MR) is 64.0 cm³/mol. The van der Waals surface area contributed by atoms with Gasteiger partial charge in [-0.25, -0.2) is 0 Å². The van der Waals surface area contributed by atoms with Crippen LogP contribution in [-0.4, -0.2) is 35.4 Å². The summed E-state index contributed by atoms with van der Waals surface area (Å²) in [5.74, 6) is -0.396. The number of nitrogens with two attached hydrogens (primary N) is 1. The molecule has 6 heteroatoms. The molecule has 0 unspecified atom stereocenters. The molecule has 0 aliphatic heterocycles. The zero-order valence-corrected chi connectivity index (χ0v) is 10.1. The lowest BCUT2D eigenvalue weighted by molar-refractivity contribution is 0.0878. The van der Waals surface area contributed by atoms with E-state index in [1.54, 1.807) is 18.2 Å². The minimum atomic E-state index is -0.666. The first-order valence-electron chi connectivity index (χ1n) is 4.66. The van der Waals surface area contributed by atoms with Crippen LogP contribution in [0.5, 0.6) is 0 Å². The molecule has 0 aliphatic carbocycles. The van der Waals surface area contributed by atoms with Crippen molar-refractivity contribution < 1.29 is 15.0 Å². The zero-order valence-electron chi connectivity index (χ0n) is 8.48. The van der Waals surface area contributed by atoms with Gasteiger partial charge in [-0.2, -0.15) is 0 Å². The van der Waals surface area contributed by atoms with E-state index in [0.29, 0.717) is 15.7 Å². The summed E-state index contributed by atoms with van der Waals surface area (Å²) < 4.78 is 0.502. The standard InChI is InChI=1S/C10H13BrN2O3/c11-9-7(2-1-3-8(9)12)10(16)13-6(4-14)5-15/h1-3,6,14-15H,4-5,12H2,(H,13,16). The Kier molecular flexibility index (Phi) is 4.72. The number of nitrogens with one attached hydrogen (secondary N) is 1. The highest BCUT2D eigenvalue weighted by atomic mass is 79.9. The highest BCUT2D eigenvalue weighted by molar-refractivity contribution is 9.10. The number of halogens is 1. The third kappa shape index (κ3) is 2.94. The minimum Gasteiger partial charge on any atom is -0.398 e. The summed E-state index contributed by atoms with van der Waals surface area (Å²) in [5, 5.41) is 20.1. The van der Waals surface area contributed by atoms with Crippen LogP contribution in [0.25, 0.3) is 0 Å². The summed E-state index contributed by atoms with van der Waals surface area (Å²) in [5.41, 5.74) is 6.45. The SMILES string of the molecule is Nc1cccc(C(=O)NC(CO)CO)c1Br. The summed E-state index contributed by atoms with van der Waals surface area (Å²) in [4.78, 5) is 11.7. The molecule has 1 aromatic rings. The molecular weight excluding hydrogens is 276 g/mol. The van der Waals surface area contributed by atoms with Crippen molar-refractivity contribution in [2.24, 2.45) is 0 Å². The Hall–Kier alpha value is -1.11. The summed E-state index contributed by atoms with van der Waals surface area (Å²) in [6, 6.07) is 4.25. The fourth-order valence-corrected chi connectivity index (χ4v) is 1.58. The van der Waals surface area contributed by atoms with Crippen molar-refractivity contribution in [2.75, 3.05) is 18.9 Å². The molecule has 0 atom stereocenters. The zero-order chi connectivity index (χ0) is 12.1. The maximum Gasteiger partial charge on any atom is 0.252 e. The molecule has 0 saturated heterocycles. The van der Waals surface area contributed by atoms with E-state index in [9.17, 15) is 4.79 Å². The van der Waals surface area contributed by atoms with Gasteiger partial charge in [0.15, 0.2) is 0 Å². The summed E-state index contributed by atoms with van der Waals surface area (Å²) in [6.45, 7) is -0.635. The number of hydrogen-bond acceptors (Lipinski definition) is 4. The maximum atomic E-state index is 11.7. The van der Waals surface area contributed by atoms with Crippen LogP contribution in [0.3, 0.4) is 0 Å². The Bertz CT molecular complexity index is 380. The van der Waals surface area contributed by atoms with Gasteiger partial charge < -0.3 is 21.3 Å². The summed E-state index contributed by atoms with van der Waals surface area (Å²) >= 11 is 3.20. The van der Waals surface area contributed by atoms with E-state index >= 15 is 0 Å². The molecule has 5 nitrogen and oxygen atoms in total. The number of benzene rings is 1. The highest BCUT2D eigenvalue weighted by Crippen LogP contribution is 2.23. The van der Waals surface area contributed by atoms with Gasteiger partial charge in [0.1, 0.15) is 0 Å². The molecule has 1 rings (SSSR count). The molecule has 0 bridgehead atoms. The number of hydrogen-bond donors (Lipinski definition) is 4. The second-order valence-corrected chi connectivity index (χ2v) is 4.04. The van der Waals surface area contributed by atoms with Gasteiger partial charge in [-0.1, -0.05) is 6.07 Å². The van der Waals surface area contributed by atoms with Crippen LogP contribution in [0.2, 0.25) is 0 Å². The molecule has 1 amide bonds. The van der Waals surface area contributed by atoms with E-state index in [-0.39, 0.29) is 13.2 Å². The third-order valence-electron chi connectivity index (χ3n) is 2.05. The highest BCUT2D eigenvalue weighted by Gasteiger charge is 2.15. The van der Waals surface area contributed by atoms with E-state index in [0.717, 1.165) is 0 Å². The Morgan fingerprint density at radius 1 is 1.44 bits per heavy atom. The Labute approximate surface area is 101 Å². The molecule has 0 aromatic heterocycles. The smallest absolute Gasteiger partial charge is 0.252 e. The van der Waals surface area contributed by atoms with Crippen LogP contribution >= 0.6 is 15.9 Å². The fourth-order valence-electron chi connectivity index (χ4n) is 1.14. The molecule has 0 aliphatic rings. The number of nitrogen functional groups attached to an aromatic ring is 1. The van der Waals surface area contributed by atoms with E-state index in [2.05, 4.69) is 21.2 Å². The van der Waals surface area contributed by atoms with Gasteiger partial charge in [0.2, 0.25) is 0 Å². The van der Waals surface area contributed by atoms with E-state index in [1.807, 2.05) is 0 Å². The lowest BCUT2D eigenvalue weighted by Crippen LogP contribution is -2.40. The number of carbonyl (C=O) groups excluding carboxylic acids is 1. The van der Waals surface area contributed by atoms with Crippen LogP contribution in [0.1, 0.15) is 10.4 Å². The lowest BCUT2D eigenvalue weighted by Gasteiger charge is -2.14. The molecule has 88 valence electrons. The Morgan fingerprint density at radius 3 is 2.62 bits per heavy atom. The molecule has 0 spiro atoms. The molecular formula is C10H13BrN2O3. The van der Waals surface area contributed by atoms with Crippen molar-refractivity contribution >= 4 is 27.5 Å². The first-order valence-corrected chi connectivity index (χ1v) is 5.46. The predicted octanol–water partition coefficient (Wildman–Crippen LogP) is 0.114. The number of amides is 1. The van der Waals surface area contributed by atoms with Crippen molar-refractivity contribution in [2.45, 2.75) is 6.04 Å². The van der Waals surface area contributed by atoms with Gasteiger partial charge in [-0.3, -0.25) is 4.79 Å². The largest absolute Gasteiger partial charge is 0.398 e. The van der Waals surface area contributed by atoms with Gasteiger partial charge in [-0.05, 0) is 28.1 Å². The average molecular weight is 289 g/mol. The van der Waals surface area contributed by atoms with Crippen molar-refractivity contribution in [3.05, 3.63) is 28.2 Å². The van der Waals surface area contributed by atoms with Gasteiger partial charge in [0, 0.05) is 5.69 Å². The van der Waals surface area contributed by atoms with Crippen LogP contribution < -0.4 is 11.1 Å². The molecule has 1 aromatic carbocycles. The number of rotatable bonds is 4. The fraction of sp³-hybridized carbons (Fsp3) is 0.300. The minimum absolute atomic E-state index is 0.317. The summed E-state index contributed by atoms with van der Waals surface area (Å²) in [6.07, 6.45) is 0. The molecule has 0 saturated carbocycles. The Morgan fingerprint density at radius 2 is 2.06 bits per heavy atom. The molecule has 5 N–H and O–H groups in total. The van der Waals surface area contributed by atoms with Crippen molar-refractivity contribution in [1.82, 2.24) is 5.32 Å². The van der Waals surface area contributed by atoms with Crippen LogP contribution in [0.4, 0.5) is 5.69 Å². The van der Waals surface area contributed by atoms with Crippen molar-refractivity contribution in [1.29, 1.82) is 0 Å². The quantitative estimate of drug-likeness (QED) is 0.592. The number of anilines is 1. The average Bonchev–Trinajstić information content (AvgIpc) is 2.29. The number of carbonyl (C=O) groups is 1. The molecule has 0 radical (unpaired) electrons. The molecule has 16 heavy (non-hydrogen) atoms. The molecule has 0 heterocycles. The number of aliphatic hydroxyl groups excluding tert-OH is 2. The normalized spacial score (nSPS) is 10.5. The topological polar surface area (TPSA) is 95.6 Å². The van der Waals surface area contributed by atoms with Crippen LogP contribution in [-0.2, 0) is 0 Å². The second-order valence-electron chi connectivity index (χ2n) is 3.24. The van der Waals surface area contributed by atoms with Gasteiger partial charge in [-0.15, -0.1) is 0 Å².